The second-order valence-corrected chi connectivity index (χ2v) is 6.52. The van der Waals surface area contributed by atoms with Gasteiger partial charge in [0.25, 0.3) is 0 Å². The second kappa shape index (κ2) is 5.17. The molecule has 0 N–H and O–H groups in total. The van der Waals surface area contributed by atoms with Crippen LogP contribution in [-0.4, -0.2) is 9.97 Å². The summed E-state index contributed by atoms with van der Waals surface area (Å²) in [6, 6.07) is 6.41. The van der Waals surface area contributed by atoms with Crippen LogP contribution in [0, 0.1) is 5.82 Å². The molecule has 2 rings (SSSR count). The fraction of sp³-hybridized carbons (Fsp3) is 0.286. The van der Waals surface area contributed by atoms with Crippen molar-refractivity contribution in [2.24, 2.45) is 0 Å². The Bertz CT molecular complexity index is 623. The van der Waals surface area contributed by atoms with E-state index in [1.54, 1.807) is 18.2 Å². The summed E-state index contributed by atoms with van der Waals surface area (Å²) in [5, 5.41) is 0.385. The fourth-order valence-electron chi connectivity index (χ4n) is 1.57. The number of aromatic nitrogens is 2. The molecule has 0 unspecified atom stereocenters. The predicted octanol–water partition coefficient (Wildman–Crippen LogP) is 5.00. The third-order valence-electron chi connectivity index (χ3n) is 2.64. The van der Waals surface area contributed by atoms with E-state index in [4.69, 9.17) is 11.6 Å². The fourth-order valence-corrected chi connectivity index (χ4v) is 2.13. The molecule has 19 heavy (non-hydrogen) atoms. The van der Waals surface area contributed by atoms with Gasteiger partial charge in [0.2, 0.25) is 0 Å². The third kappa shape index (κ3) is 3.31. The summed E-state index contributed by atoms with van der Waals surface area (Å²) in [6.07, 6.45) is 0. The Balaban J connectivity index is 2.56. The molecular weight excluding hydrogens is 331 g/mol. The van der Waals surface area contributed by atoms with Crippen LogP contribution >= 0.6 is 27.5 Å². The lowest BCUT2D eigenvalue weighted by atomic mass is 9.92. The quantitative estimate of drug-likeness (QED) is 0.681. The summed E-state index contributed by atoms with van der Waals surface area (Å²) in [5.74, 6) is 0.181. The lowest BCUT2D eigenvalue weighted by molar-refractivity contribution is 0.568. The Hall–Kier alpha value is -1.00. The Morgan fingerprint density at radius 1 is 1.16 bits per heavy atom. The Labute approximate surface area is 125 Å². The minimum Gasteiger partial charge on any atom is -0.232 e. The highest BCUT2D eigenvalue weighted by Crippen LogP contribution is 2.27. The van der Waals surface area contributed by atoms with E-state index in [0.29, 0.717) is 15.5 Å². The van der Waals surface area contributed by atoms with Crippen molar-refractivity contribution < 1.29 is 4.39 Å². The zero-order chi connectivity index (χ0) is 14.2. The highest BCUT2D eigenvalue weighted by atomic mass is 79.9. The molecular formula is C14H13BrClFN2. The van der Waals surface area contributed by atoms with Gasteiger partial charge >= 0.3 is 0 Å². The highest BCUT2D eigenvalue weighted by Gasteiger charge is 2.18. The van der Waals surface area contributed by atoms with Crippen LogP contribution in [0.1, 0.15) is 26.5 Å². The van der Waals surface area contributed by atoms with Gasteiger partial charge in [0.05, 0.1) is 10.2 Å². The van der Waals surface area contributed by atoms with Gasteiger partial charge in [-0.1, -0.05) is 32.4 Å². The van der Waals surface area contributed by atoms with Crippen molar-refractivity contribution in [1.82, 2.24) is 9.97 Å². The molecule has 1 aromatic heterocycles. The van der Waals surface area contributed by atoms with Crippen LogP contribution in [0.15, 0.2) is 28.7 Å². The van der Waals surface area contributed by atoms with Crippen LogP contribution < -0.4 is 0 Å². The summed E-state index contributed by atoms with van der Waals surface area (Å²) in [6.45, 7) is 6.15. The van der Waals surface area contributed by atoms with E-state index in [-0.39, 0.29) is 11.2 Å². The second-order valence-electron chi connectivity index (χ2n) is 5.28. The molecule has 0 radical (unpaired) electrons. The maximum absolute atomic E-state index is 13.2. The summed E-state index contributed by atoms with van der Waals surface area (Å²) < 4.78 is 13.6. The van der Waals surface area contributed by atoms with Crippen molar-refractivity contribution in [3.63, 3.8) is 0 Å². The number of rotatable bonds is 1. The van der Waals surface area contributed by atoms with E-state index >= 15 is 0 Å². The zero-order valence-electron chi connectivity index (χ0n) is 10.8. The van der Waals surface area contributed by atoms with E-state index in [1.165, 1.54) is 6.07 Å². The zero-order valence-corrected chi connectivity index (χ0v) is 13.2. The monoisotopic (exact) mass is 342 g/mol. The van der Waals surface area contributed by atoms with Gasteiger partial charge in [-0.05, 0) is 40.2 Å². The Morgan fingerprint density at radius 3 is 2.42 bits per heavy atom. The highest BCUT2D eigenvalue weighted by molar-refractivity contribution is 9.10. The normalized spacial score (nSPS) is 11.7. The molecule has 0 aliphatic heterocycles. The van der Waals surface area contributed by atoms with Gasteiger partial charge in [-0.15, -0.1) is 0 Å². The largest absolute Gasteiger partial charge is 0.232 e. The van der Waals surface area contributed by atoms with E-state index in [2.05, 4.69) is 46.7 Å². The van der Waals surface area contributed by atoms with E-state index in [1.807, 2.05) is 0 Å². The minimum absolute atomic E-state index is 0.126. The van der Waals surface area contributed by atoms with Gasteiger partial charge in [-0.3, -0.25) is 0 Å². The SMILES string of the molecule is CC(C)(C)c1cc(Cl)nc(-c2ccc(F)c(Br)c2)n1. The summed E-state index contributed by atoms with van der Waals surface area (Å²) in [7, 11) is 0. The molecule has 0 fully saturated rings. The molecule has 1 aromatic carbocycles. The van der Waals surface area contributed by atoms with Crippen molar-refractivity contribution in [1.29, 1.82) is 0 Å². The number of nitrogens with zero attached hydrogens (tertiary/aromatic N) is 2. The lowest BCUT2D eigenvalue weighted by Gasteiger charge is -2.18. The van der Waals surface area contributed by atoms with Crippen molar-refractivity contribution in [2.45, 2.75) is 26.2 Å². The Morgan fingerprint density at radius 2 is 1.84 bits per heavy atom. The first-order valence-corrected chi connectivity index (χ1v) is 6.95. The van der Waals surface area contributed by atoms with Crippen LogP contribution in [0.5, 0.6) is 0 Å². The van der Waals surface area contributed by atoms with Crippen molar-refractivity contribution in [2.75, 3.05) is 0 Å². The first kappa shape index (κ1) is 14.4. The van der Waals surface area contributed by atoms with Crippen LogP contribution in [0.3, 0.4) is 0 Å². The molecule has 2 nitrogen and oxygen atoms in total. The van der Waals surface area contributed by atoms with Gasteiger partial charge in [0, 0.05) is 11.0 Å². The number of hydrogen-bond donors (Lipinski definition) is 0. The predicted molar refractivity (Wildman–Crippen MR) is 78.8 cm³/mol. The maximum atomic E-state index is 13.2. The molecule has 0 aliphatic rings. The average Bonchev–Trinajstić information content (AvgIpc) is 2.31. The van der Waals surface area contributed by atoms with Crippen molar-refractivity contribution >= 4 is 27.5 Å². The lowest BCUT2D eigenvalue weighted by Crippen LogP contribution is -2.14. The van der Waals surface area contributed by atoms with Crippen molar-refractivity contribution in [3.8, 4) is 11.4 Å². The molecule has 0 aliphatic carbocycles. The first-order valence-electron chi connectivity index (χ1n) is 5.78. The maximum Gasteiger partial charge on any atom is 0.161 e. The van der Waals surface area contributed by atoms with E-state index < -0.39 is 0 Å². The standard InChI is InChI=1S/C14H13BrClFN2/c1-14(2,3)11-7-12(16)19-13(18-11)8-4-5-10(17)9(15)6-8/h4-7H,1-3H3. The van der Waals surface area contributed by atoms with Crippen LogP contribution in [0.4, 0.5) is 4.39 Å². The molecule has 5 heteroatoms. The van der Waals surface area contributed by atoms with Crippen LogP contribution in [0.25, 0.3) is 11.4 Å². The van der Waals surface area contributed by atoms with Gasteiger partial charge < -0.3 is 0 Å². The summed E-state index contributed by atoms with van der Waals surface area (Å²) in [4.78, 5) is 8.71. The molecule has 0 spiro atoms. The number of benzene rings is 1. The molecule has 2 aromatic rings. The summed E-state index contributed by atoms with van der Waals surface area (Å²) in [5.41, 5.74) is 1.45. The number of hydrogen-bond acceptors (Lipinski definition) is 2. The molecule has 0 saturated heterocycles. The molecule has 0 amide bonds. The Kier molecular flexibility index (Phi) is 3.92. The van der Waals surface area contributed by atoms with Gasteiger partial charge in [0.15, 0.2) is 5.82 Å². The van der Waals surface area contributed by atoms with E-state index in [0.717, 1.165) is 11.3 Å². The molecule has 0 atom stereocenters. The van der Waals surface area contributed by atoms with Crippen molar-refractivity contribution in [3.05, 3.63) is 45.4 Å². The molecule has 0 bridgehead atoms. The van der Waals surface area contributed by atoms with Crippen LogP contribution in [0.2, 0.25) is 5.15 Å². The molecule has 0 saturated carbocycles. The van der Waals surface area contributed by atoms with Gasteiger partial charge in [0.1, 0.15) is 11.0 Å². The van der Waals surface area contributed by atoms with Crippen LogP contribution in [-0.2, 0) is 5.41 Å². The molecule has 100 valence electrons. The summed E-state index contributed by atoms with van der Waals surface area (Å²) >= 11 is 9.20. The topological polar surface area (TPSA) is 25.8 Å². The minimum atomic E-state index is -0.318. The van der Waals surface area contributed by atoms with E-state index in [9.17, 15) is 4.39 Å². The third-order valence-corrected chi connectivity index (χ3v) is 3.44. The number of halogens is 3. The van der Waals surface area contributed by atoms with Gasteiger partial charge in [-0.2, -0.15) is 0 Å². The van der Waals surface area contributed by atoms with Gasteiger partial charge in [-0.25, -0.2) is 14.4 Å². The first-order chi connectivity index (χ1) is 8.77. The smallest absolute Gasteiger partial charge is 0.161 e. The molecule has 1 heterocycles. The average molecular weight is 344 g/mol.